The number of ether oxygens (including phenoxy) is 1. The van der Waals surface area contributed by atoms with Crippen molar-refractivity contribution in [3.8, 4) is 5.75 Å². The van der Waals surface area contributed by atoms with Gasteiger partial charge in [0.1, 0.15) is 11.6 Å². The Morgan fingerprint density at radius 2 is 2.12 bits per heavy atom. The van der Waals surface area contributed by atoms with E-state index in [-0.39, 0.29) is 11.3 Å². The third-order valence-electron chi connectivity index (χ3n) is 2.49. The third-order valence-corrected chi connectivity index (χ3v) is 2.49. The van der Waals surface area contributed by atoms with Crippen LogP contribution in [-0.4, -0.2) is 18.9 Å². The molecule has 94 valence electrons. The molecule has 1 rings (SSSR count). The second kappa shape index (κ2) is 5.77. The molecule has 0 aliphatic carbocycles. The molecule has 0 saturated carbocycles. The molecule has 17 heavy (non-hydrogen) atoms. The summed E-state index contributed by atoms with van der Waals surface area (Å²) in [6, 6.07) is 3.24. The van der Waals surface area contributed by atoms with E-state index >= 15 is 0 Å². The van der Waals surface area contributed by atoms with E-state index in [0.717, 1.165) is 0 Å². The Morgan fingerprint density at radius 3 is 2.65 bits per heavy atom. The van der Waals surface area contributed by atoms with E-state index in [1.165, 1.54) is 25.3 Å². The predicted molar refractivity (Wildman–Crippen MR) is 64.7 cm³/mol. The lowest BCUT2D eigenvalue weighted by molar-refractivity contribution is 0.0947. The number of benzene rings is 1. The minimum Gasteiger partial charge on any atom is -0.496 e. The zero-order chi connectivity index (χ0) is 13.0. The first-order valence-corrected chi connectivity index (χ1v) is 5.59. The van der Waals surface area contributed by atoms with Crippen LogP contribution in [0.25, 0.3) is 0 Å². The molecule has 0 fully saturated rings. The van der Waals surface area contributed by atoms with Crippen LogP contribution in [0.1, 0.15) is 30.6 Å². The van der Waals surface area contributed by atoms with E-state index in [4.69, 9.17) is 10.5 Å². The highest BCUT2D eigenvalue weighted by molar-refractivity contribution is 6.02. The molecule has 0 heterocycles. The van der Waals surface area contributed by atoms with Gasteiger partial charge in [0.15, 0.2) is 5.78 Å². The van der Waals surface area contributed by atoms with Crippen LogP contribution in [0.2, 0.25) is 0 Å². The minimum atomic E-state index is -0.620. The molecule has 1 aromatic carbocycles. The molecule has 0 aliphatic heterocycles. The average molecular weight is 239 g/mol. The molecule has 1 aromatic rings. The molecule has 1 unspecified atom stereocenters. The van der Waals surface area contributed by atoms with Gasteiger partial charge in [-0.05, 0) is 30.5 Å². The van der Waals surface area contributed by atoms with Gasteiger partial charge in [-0.1, -0.05) is 13.8 Å². The van der Waals surface area contributed by atoms with Gasteiger partial charge in [-0.15, -0.1) is 0 Å². The third kappa shape index (κ3) is 3.53. The van der Waals surface area contributed by atoms with Gasteiger partial charge < -0.3 is 10.5 Å². The minimum absolute atomic E-state index is 0.209. The van der Waals surface area contributed by atoms with Crippen LogP contribution >= 0.6 is 0 Å². The maximum Gasteiger partial charge on any atom is 0.183 e. The van der Waals surface area contributed by atoms with Crippen LogP contribution in [0.4, 0.5) is 4.39 Å². The Labute approximate surface area is 101 Å². The molecular formula is C13H18FNO2. The smallest absolute Gasteiger partial charge is 0.183 e. The Balaban J connectivity index is 2.98. The Kier molecular flexibility index (Phi) is 4.63. The zero-order valence-corrected chi connectivity index (χ0v) is 10.4. The number of carbonyl (C=O) groups is 1. The topological polar surface area (TPSA) is 52.3 Å². The fourth-order valence-electron chi connectivity index (χ4n) is 1.69. The van der Waals surface area contributed by atoms with Crippen molar-refractivity contribution in [3.63, 3.8) is 0 Å². The van der Waals surface area contributed by atoms with Crippen molar-refractivity contribution in [2.24, 2.45) is 11.7 Å². The van der Waals surface area contributed by atoms with Crippen LogP contribution in [0, 0.1) is 11.7 Å². The lowest BCUT2D eigenvalue weighted by atomic mass is 9.96. The van der Waals surface area contributed by atoms with Crippen LogP contribution in [0.3, 0.4) is 0 Å². The van der Waals surface area contributed by atoms with E-state index in [1.807, 2.05) is 13.8 Å². The molecule has 0 bridgehead atoms. The highest BCUT2D eigenvalue weighted by Crippen LogP contribution is 2.21. The van der Waals surface area contributed by atoms with Gasteiger partial charge in [-0.25, -0.2) is 4.39 Å². The van der Waals surface area contributed by atoms with E-state index < -0.39 is 11.9 Å². The van der Waals surface area contributed by atoms with Gasteiger partial charge in [0.25, 0.3) is 0 Å². The fourth-order valence-corrected chi connectivity index (χ4v) is 1.69. The van der Waals surface area contributed by atoms with Crippen molar-refractivity contribution < 1.29 is 13.9 Å². The number of hydrogen-bond donors (Lipinski definition) is 1. The Bertz CT molecular complexity index is 404. The number of methoxy groups -OCH3 is 1. The van der Waals surface area contributed by atoms with Crippen molar-refractivity contribution >= 4 is 5.78 Å². The summed E-state index contributed by atoms with van der Waals surface area (Å²) in [6.07, 6.45) is 0.568. The first kappa shape index (κ1) is 13.6. The van der Waals surface area contributed by atoms with Crippen LogP contribution in [0.5, 0.6) is 5.75 Å². The zero-order valence-electron chi connectivity index (χ0n) is 10.4. The number of halogens is 1. The SMILES string of the molecule is COc1ccc(F)cc1C(=O)C(N)CC(C)C. The van der Waals surface area contributed by atoms with Crippen LogP contribution in [0.15, 0.2) is 18.2 Å². The lowest BCUT2D eigenvalue weighted by Crippen LogP contribution is -2.32. The second-order valence-corrected chi connectivity index (χ2v) is 4.44. The van der Waals surface area contributed by atoms with Gasteiger partial charge in [0.05, 0.1) is 18.7 Å². The van der Waals surface area contributed by atoms with Gasteiger partial charge in [-0.3, -0.25) is 4.79 Å². The maximum atomic E-state index is 13.1. The molecule has 0 amide bonds. The quantitative estimate of drug-likeness (QED) is 0.803. The normalized spacial score (nSPS) is 12.6. The summed E-state index contributed by atoms with van der Waals surface area (Å²) in [5.41, 5.74) is 6.01. The molecule has 4 heteroatoms. The lowest BCUT2D eigenvalue weighted by Gasteiger charge is -2.15. The number of ketones is 1. The van der Waals surface area contributed by atoms with Gasteiger partial charge in [0.2, 0.25) is 0 Å². The average Bonchev–Trinajstić information content (AvgIpc) is 2.27. The molecular weight excluding hydrogens is 221 g/mol. The summed E-state index contributed by atoms with van der Waals surface area (Å²) in [5.74, 6) is -0.0787. The first-order valence-electron chi connectivity index (χ1n) is 5.59. The van der Waals surface area contributed by atoms with Crippen molar-refractivity contribution in [2.45, 2.75) is 26.3 Å². The number of carbonyl (C=O) groups excluding carboxylic acids is 1. The monoisotopic (exact) mass is 239 g/mol. The Hall–Kier alpha value is -1.42. The molecule has 0 aromatic heterocycles. The summed E-state index contributed by atoms with van der Waals surface area (Å²) in [4.78, 5) is 12.0. The summed E-state index contributed by atoms with van der Waals surface area (Å²) in [6.45, 7) is 3.96. The van der Waals surface area contributed by atoms with Crippen molar-refractivity contribution in [1.29, 1.82) is 0 Å². The largest absolute Gasteiger partial charge is 0.496 e. The first-order chi connectivity index (χ1) is 7.95. The van der Waals surface area contributed by atoms with Gasteiger partial charge in [-0.2, -0.15) is 0 Å². The van der Waals surface area contributed by atoms with E-state index in [9.17, 15) is 9.18 Å². The molecule has 2 N–H and O–H groups in total. The van der Waals surface area contributed by atoms with Crippen molar-refractivity contribution in [3.05, 3.63) is 29.6 Å². The second-order valence-electron chi connectivity index (χ2n) is 4.44. The standard InChI is InChI=1S/C13H18FNO2/c1-8(2)6-11(15)13(16)10-7-9(14)4-5-12(10)17-3/h4-5,7-8,11H,6,15H2,1-3H3. The van der Waals surface area contributed by atoms with Crippen LogP contribution < -0.4 is 10.5 Å². The van der Waals surface area contributed by atoms with Gasteiger partial charge >= 0.3 is 0 Å². The summed E-state index contributed by atoms with van der Waals surface area (Å²) < 4.78 is 18.2. The maximum absolute atomic E-state index is 13.1. The van der Waals surface area contributed by atoms with E-state index in [0.29, 0.717) is 18.1 Å². The number of hydrogen-bond acceptors (Lipinski definition) is 3. The molecule has 0 saturated heterocycles. The Morgan fingerprint density at radius 1 is 1.47 bits per heavy atom. The molecule has 0 spiro atoms. The number of Topliss-reactive ketones (excluding diaryl/α,β-unsaturated/α-hetero) is 1. The summed E-state index contributed by atoms with van der Waals surface area (Å²) >= 11 is 0. The highest BCUT2D eigenvalue weighted by atomic mass is 19.1. The predicted octanol–water partition coefficient (Wildman–Crippen LogP) is 2.39. The summed E-state index contributed by atoms with van der Waals surface area (Å²) in [5, 5.41) is 0. The molecule has 0 aliphatic rings. The highest BCUT2D eigenvalue weighted by Gasteiger charge is 2.20. The van der Waals surface area contributed by atoms with Crippen LogP contribution in [-0.2, 0) is 0 Å². The molecule has 3 nitrogen and oxygen atoms in total. The van der Waals surface area contributed by atoms with E-state index in [2.05, 4.69) is 0 Å². The number of nitrogens with two attached hydrogens (primary N) is 1. The van der Waals surface area contributed by atoms with Gasteiger partial charge in [0, 0.05) is 0 Å². The van der Waals surface area contributed by atoms with Crippen molar-refractivity contribution in [2.75, 3.05) is 7.11 Å². The van der Waals surface area contributed by atoms with Crippen molar-refractivity contribution in [1.82, 2.24) is 0 Å². The molecule has 0 radical (unpaired) electrons. The van der Waals surface area contributed by atoms with E-state index in [1.54, 1.807) is 0 Å². The number of rotatable bonds is 5. The fraction of sp³-hybridized carbons (Fsp3) is 0.462. The summed E-state index contributed by atoms with van der Waals surface area (Å²) in [7, 11) is 1.44. The molecule has 1 atom stereocenters.